The van der Waals surface area contributed by atoms with Crippen LogP contribution in [0.25, 0.3) is 0 Å². The van der Waals surface area contributed by atoms with Crippen molar-refractivity contribution in [3.8, 4) is 11.5 Å². The highest BCUT2D eigenvalue weighted by atomic mass is 16.5. The Morgan fingerprint density at radius 1 is 1.16 bits per heavy atom. The summed E-state index contributed by atoms with van der Waals surface area (Å²) in [5, 5.41) is 10.8. The van der Waals surface area contributed by atoms with Gasteiger partial charge < -0.3 is 28.6 Å². The highest BCUT2D eigenvalue weighted by molar-refractivity contribution is 6.15. The van der Waals surface area contributed by atoms with Crippen LogP contribution in [-0.2, 0) is 9.53 Å². The number of carbonyl (C=O) groups excluding carboxylic acids is 2. The van der Waals surface area contributed by atoms with Crippen LogP contribution in [0.4, 0.5) is 0 Å². The van der Waals surface area contributed by atoms with Crippen LogP contribution >= 0.6 is 0 Å². The number of benzene rings is 1. The molecule has 9 heteroatoms. The number of ether oxygens (including phenoxy) is 3. The maximum absolute atomic E-state index is 13.3. The van der Waals surface area contributed by atoms with Crippen molar-refractivity contribution in [3.63, 3.8) is 0 Å². The third-order valence-electron chi connectivity index (χ3n) is 5.79. The molecule has 3 heterocycles. The first-order valence-electron chi connectivity index (χ1n) is 10.4. The van der Waals surface area contributed by atoms with E-state index in [1.165, 1.54) is 31.4 Å². The number of hydrogen-bond donors (Lipinski definition) is 1. The van der Waals surface area contributed by atoms with E-state index in [-0.39, 0.29) is 11.3 Å². The number of morpholine rings is 1. The first-order valence-corrected chi connectivity index (χ1v) is 10.4. The molecule has 2 aromatic rings. The molecule has 0 bridgehead atoms. The van der Waals surface area contributed by atoms with Crippen molar-refractivity contribution in [3.05, 3.63) is 59.3 Å². The number of furan rings is 1. The summed E-state index contributed by atoms with van der Waals surface area (Å²) in [6, 6.07) is 7.39. The van der Waals surface area contributed by atoms with Crippen molar-refractivity contribution < 1.29 is 33.3 Å². The van der Waals surface area contributed by atoms with Gasteiger partial charge in [0.2, 0.25) is 5.78 Å². The number of hydrogen-bond acceptors (Lipinski definition) is 8. The first-order chi connectivity index (χ1) is 15.5. The number of carbonyl (C=O) groups is 2. The molecule has 9 nitrogen and oxygen atoms in total. The maximum atomic E-state index is 13.3. The third-order valence-corrected chi connectivity index (χ3v) is 5.79. The van der Waals surface area contributed by atoms with E-state index in [9.17, 15) is 14.7 Å². The molecule has 1 fully saturated rings. The molecule has 1 N–H and O–H groups in total. The Labute approximate surface area is 185 Å². The van der Waals surface area contributed by atoms with Gasteiger partial charge in [0.05, 0.1) is 45.3 Å². The molecule has 2 aliphatic heterocycles. The Bertz CT molecular complexity index is 1010. The maximum Gasteiger partial charge on any atom is 0.290 e. The second kappa shape index (κ2) is 9.46. The molecule has 1 atom stereocenters. The van der Waals surface area contributed by atoms with Crippen LogP contribution < -0.4 is 9.47 Å². The fourth-order valence-electron chi connectivity index (χ4n) is 4.11. The molecule has 1 aromatic carbocycles. The molecule has 0 spiro atoms. The Balaban J connectivity index is 1.74. The van der Waals surface area contributed by atoms with Gasteiger partial charge in [-0.05, 0) is 30.3 Å². The largest absolute Gasteiger partial charge is 0.503 e. The van der Waals surface area contributed by atoms with Crippen molar-refractivity contribution in [2.45, 2.75) is 6.04 Å². The van der Waals surface area contributed by atoms with E-state index in [1.54, 1.807) is 24.3 Å². The third kappa shape index (κ3) is 4.09. The van der Waals surface area contributed by atoms with Crippen LogP contribution in [0.5, 0.6) is 11.5 Å². The standard InChI is InChI=1S/C23H26N2O7/c1-29-15-5-6-17(30-2)16(14-15)20-19(21(26)18-4-3-11-32-18)22(27)23(28)25(20)8-7-24-9-12-31-13-10-24/h3-6,11,14,20,27H,7-10,12-13H2,1-2H3/t20-/m1/s1. The molecular weight excluding hydrogens is 416 g/mol. The normalized spacial score (nSPS) is 19.5. The van der Waals surface area contributed by atoms with Crippen molar-refractivity contribution in [1.82, 2.24) is 9.80 Å². The van der Waals surface area contributed by atoms with Crippen molar-refractivity contribution >= 4 is 11.7 Å². The van der Waals surface area contributed by atoms with Crippen LogP contribution in [0.2, 0.25) is 0 Å². The molecule has 170 valence electrons. The minimum Gasteiger partial charge on any atom is -0.503 e. The lowest BCUT2D eigenvalue weighted by Gasteiger charge is -2.32. The topological polar surface area (TPSA) is 102 Å². The summed E-state index contributed by atoms with van der Waals surface area (Å²) in [6.07, 6.45) is 1.37. The molecule has 4 rings (SSSR count). The summed E-state index contributed by atoms with van der Waals surface area (Å²) in [4.78, 5) is 30.1. The van der Waals surface area contributed by atoms with Crippen LogP contribution in [-0.4, -0.2) is 80.2 Å². The smallest absolute Gasteiger partial charge is 0.290 e. The monoisotopic (exact) mass is 442 g/mol. The van der Waals surface area contributed by atoms with Gasteiger partial charge in [-0.3, -0.25) is 14.5 Å². The summed E-state index contributed by atoms with van der Waals surface area (Å²) in [7, 11) is 3.04. The molecule has 0 radical (unpaired) electrons. The highest BCUT2D eigenvalue weighted by Gasteiger charge is 2.45. The van der Waals surface area contributed by atoms with Crippen molar-refractivity contribution in [2.75, 3.05) is 53.6 Å². The highest BCUT2D eigenvalue weighted by Crippen LogP contribution is 2.43. The van der Waals surface area contributed by atoms with Gasteiger partial charge >= 0.3 is 0 Å². The number of amides is 1. The van der Waals surface area contributed by atoms with Crippen molar-refractivity contribution in [1.29, 1.82) is 0 Å². The van der Waals surface area contributed by atoms with Gasteiger partial charge in [-0.15, -0.1) is 0 Å². The molecule has 2 aliphatic rings. The zero-order valence-corrected chi connectivity index (χ0v) is 18.1. The number of aliphatic hydroxyl groups excluding tert-OH is 1. The molecule has 32 heavy (non-hydrogen) atoms. The van der Waals surface area contributed by atoms with E-state index >= 15 is 0 Å². The summed E-state index contributed by atoms with van der Waals surface area (Å²) < 4.78 is 21.5. The van der Waals surface area contributed by atoms with Gasteiger partial charge in [-0.1, -0.05) is 0 Å². The quantitative estimate of drug-likeness (QED) is 0.621. The average Bonchev–Trinajstić information content (AvgIpc) is 3.45. The van der Waals surface area contributed by atoms with Gasteiger partial charge in [-0.2, -0.15) is 0 Å². The first kappa shape index (κ1) is 21.9. The lowest BCUT2D eigenvalue weighted by molar-refractivity contribution is -0.129. The SMILES string of the molecule is COc1ccc(OC)c([C@@H]2C(C(=O)c3ccco3)=C(O)C(=O)N2CCN2CCOCC2)c1. The number of rotatable bonds is 8. The summed E-state index contributed by atoms with van der Waals surface area (Å²) in [6.45, 7) is 3.66. The van der Waals surface area contributed by atoms with E-state index in [1.807, 2.05) is 0 Å². The van der Waals surface area contributed by atoms with E-state index < -0.39 is 23.5 Å². The van der Waals surface area contributed by atoms with Gasteiger partial charge in [0.1, 0.15) is 11.5 Å². The van der Waals surface area contributed by atoms with Crippen LogP contribution in [0.15, 0.2) is 52.3 Å². The van der Waals surface area contributed by atoms with E-state index in [2.05, 4.69) is 4.90 Å². The average molecular weight is 442 g/mol. The Kier molecular flexibility index (Phi) is 6.48. The summed E-state index contributed by atoms with van der Waals surface area (Å²) in [5.74, 6) is -0.686. The number of aliphatic hydroxyl groups is 1. The number of Topliss-reactive ketones (excluding diaryl/α,β-unsaturated/α-hetero) is 1. The Morgan fingerprint density at radius 2 is 1.94 bits per heavy atom. The summed E-state index contributed by atoms with van der Waals surface area (Å²) >= 11 is 0. The van der Waals surface area contributed by atoms with Crippen LogP contribution in [0.1, 0.15) is 22.2 Å². The summed E-state index contributed by atoms with van der Waals surface area (Å²) in [5.41, 5.74) is 0.500. The van der Waals surface area contributed by atoms with Gasteiger partial charge in [0, 0.05) is 31.7 Å². The number of nitrogens with zero attached hydrogens (tertiary/aromatic N) is 2. The zero-order valence-electron chi connectivity index (χ0n) is 18.1. The lowest BCUT2D eigenvalue weighted by atomic mass is 9.94. The predicted molar refractivity (Wildman–Crippen MR) is 114 cm³/mol. The predicted octanol–water partition coefficient (Wildman–Crippen LogP) is 2.21. The Morgan fingerprint density at radius 3 is 2.59 bits per heavy atom. The molecule has 0 unspecified atom stereocenters. The second-order valence-corrected chi connectivity index (χ2v) is 7.53. The number of methoxy groups -OCH3 is 2. The lowest BCUT2D eigenvalue weighted by Crippen LogP contribution is -2.43. The fourth-order valence-corrected chi connectivity index (χ4v) is 4.11. The van der Waals surface area contributed by atoms with Crippen LogP contribution in [0.3, 0.4) is 0 Å². The molecule has 0 aliphatic carbocycles. The van der Waals surface area contributed by atoms with Crippen molar-refractivity contribution in [2.24, 2.45) is 0 Å². The zero-order chi connectivity index (χ0) is 22.7. The minimum atomic E-state index is -0.855. The van der Waals surface area contributed by atoms with E-state index in [0.29, 0.717) is 43.4 Å². The number of ketones is 1. The minimum absolute atomic E-state index is 0.0428. The van der Waals surface area contributed by atoms with Gasteiger partial charge in [-0.25, -0.2) is 0 Å². The van der Waals surface area contributed by atoms with Gasteiger partial charge in [0.15, 0.2) is 11.5 Å². The van der Waals surface area contributed by atoms with E-state index in [4.69, 9.17) is 18.6 Å². The Hall–Kier alpha value is -3.30. The molecule has 0 saturated carbocycles. The molecule has 1 amide bonds. The fraction of sp³-hybridized carbons (Fsp3) is 0.391. The molecule has 1 aromatic heterocycles. The van der Waals surface area contributed by atoms with Gasteiger partial charge in [0.25, 0.3) is 5.91 Å². The molecular formula is C23H26N2O7. The van der Waals surface area contributed by atoms with E-state index in [0.717, 1.165) is 13.1 Å². The molecule has 1 saturated heterocycles. The van der Waals surface area contributed by atoms with Crippen LogP contribution in [0, 0.1) is 0 Å². The second-order valence-electron chi connectivity index (χ2n) is 7.53.